The highest BCUT2D eigenvalue weighted by atomic mass is 35.5. The maximum Gasteiger partial charge on any atom is 0.123 e. The quantitative estimate of drug-likeness (QED) is 0.814. The summed E-state index contributed by atoms with van der Waals surface area (Å²) in [4.78, 5) is 0. The van der Waals surface area contributed by atoms with Gasteiger partial charge < -0.3 is 5.32 Å². The zero-order valence-corrected chi connectivity index (χ0v) is 11.6. The van der Waals surface area contributed by atoms with Crippen molar-refractivity contribution in [2.45, 2.75) is 44.5 Å². The van der Waals surface area contributed by atoms with E-state index in [-0.39, 0.29) is 5.82 Å². The highest BCUT2D eigenvalue weighted by Crippen LogP contribution is 2.27. The maximum absolute atomic E-state index is 13.0. The Bertz CT molecular complexity index is 394. The van der Waals surface area contributed by atoms with Crippen molar-refractivity contribution in [2.75, 3.05) is 6.54 Å². The molecule has 0 spiro atoms. The number of aryl methyl sites for hydroxylation is 1. The van der Waals surface area contributed by atoms with Gasteiger partial charge in [-0.2, -0.15) is 0 Å². The molecule has 0 heterocycles. The number of benzene rings is 1. The van der Waals surface area contributed by atoms with Crippen LogP contribution in [0.25, 0.3) is 0 Å². The first-order valence-corrected chi connectivity index (χ1v) is 7.18. The molecule has 100 valence electrons. The lowest BCUT2D eigenvalue weighted by atomic mass is 9.89. The highest BCUT2D eigenvalue weighted by Gasteiger charge is 2.19. The SMILES string of the molecule is Cc1cc(F)ccc1CNCC1CCCC(Cl)C1. The predicted molar refractivity (Wildman–Crippen MR) is 74.4 cm³/mol. The molecule has 18 heavy (non-hydrogen) atoms. The van der Waals surface area contributed by atoms with Crippen LogP contribution in [-0.4, -0.2) is 11.9 Å². The summed E-state index contributed by atoms with van der Waals surface area (Å²) in [5.41, 5.74) is 2.19. The second kappa shape index (κ2) is 6.53. The Morgan fingerprint density at radius 3 is 2.94 bits per heavy atom. The minimum atomic E-state index is -0.159. The molecule has 0 saturated heterocycles. The van der Waals surface area contributed by atoms with Gasteiger partial charge in [-0.25, -0.2) is 4.39 Å². The summed E-state index contributed by atoms with van der Waals surface area (Å²) in [6, 6.07) is 4.98. The minimum Gasteiger partial charge on any atom is -0.312 e. The van der Waals surface area contributed by atoms with Crippen molar-refractivity contribution in [3.05, 3.63) is 35.1 Å². The Kier molecular flexibility index (Phi) is 5.02. The van der Waals surface area contributed by atoms with Crippen molar-refractivity contribution < 1.29 is 4.39 Å². The lowest BCUT2D eigenvalue weighted by Crippen LogP contribution is -2.27. The third-order valence-corrected chi connectivity index (χ3v) is 4.17. The molecule has 1 aliphatic rings. The van der Waals surface area contributed by atoms with E-state index >= 15 is 0 Å². The second-order valence-corrected chi connectivity index (χ2v) is 5.95. The third kappa shape index (κ3) is 3.96. The molecule has 1 aliphatic carbocycles. The molecule has 1 N–H and O–H groups in total. The van der Waals surface area contributed by atoms with Gasteiger partial charge in [-0.05, 0) is 61.9 Å². The van der Waals surface area contributed by atoms with E-state index in [0.717, 1.165) is 31.5 Å². The van der Waals surface area contributed by atoms with Gasteiger partial charge in [-0.3, -0.25) is 0 Å². The summed E-state index contributed by atoms with van der Waals surface area (Å²) in [5.74, 6) is 0.538. The molecule has 1 aromatic carbocycles. The van der Waals surface area contributed by atoms with Crippen molar-refractivity contribution in [3.63, 3.8) is 0 Å². The largest absolute Gasteiger partial charge is 0.312 e. The first-order valence-electron chi connectivity index (χ1n) is 6.75. The molecule has 0 amide bonds. The molecule has 1 aromatic rings. The normalized spacial score (nSPS) is 24.2. The van der Waals surface area contributed by atoms with E-state index < -0.39 is 0 Å². The van der Waals surface area contributed by atoms with Crippen LogP contribution in [0.2, 0.25) is 0 Å². The van der Waals surface area contributed by atoms with Gasteiger partial charge in [0.2, 0.25) is 0 Å². The summed E-state index contributed by atoms with van der Waals surface area (Å²) in [6.07, 6.45) is 4.81. The van der Waals surface area contributed by atoms with Gasteiger partial charge in [-0.1, -0.05) is 12.5 Å². The van der Waals surface area contributed by atoms with Crippen LogP contribution in [0.3, 0.4) is 0 Å². The number of alkyl halides is 1. The van der Waals surface area contributed by atoms with Crippen molar-refractivity contribution in [1.29, 1.82) is 0 Å². The minimum absolute atomic E-state index is 0.159. The molecule has 1 fully saturated rings. The average Bonchev–Trinajstić information content (AvgIpc) is 2.32. The Hall–Kier alpha value is -0.600. The van der Waals surface area contributed by atoms with E-state index in [9.17, 15) is 4.39 Å². The smallest absolute Gasteiger partial charge is 0.123 e. The predicted octanol–water partition coefficient (Wildman–Crippen LogP) is 4.02. The fraction of sp³-hybridized carbons (Fsp3) is 0.600. The van der Waals surface area contributed by atoms with Crippen molar-refractivity contribution in [2.24, 2.45) is 5.92 Å². The second-order valence-electron chi connectivity index (χ2n) is 5.33. The zero-order valence-electron chi connectivity index (χ0n) is 10.9. The lowest BCUT2D eigenvalue weighted by Gasteiger charge is -2.25. The number of rotatable bonds is 4. The molecule has 1 saturated carbocycles. The van der Waals surface area contributed by atoms with Gasteiger partial charge in [-0.15, -0.1) is 11.6 Å². The average molecular weight is 270 g/mol. The fourth-order valence-corrected chi connectivity index (χ4v) is 3.09. The molecular formula is C15H21ClFN. The molecule has 0 aromatic heterocycles. The molecule has 0 radical (unpaired) electrons. The van der Waals surface area contributed by atoms with Crippen LogP contribution in [0.5, 0.6) is 0 Å². The first-order chi connectivity index (χ1) is 8.65. The lowest BCUT2D eigenvalue weighted by molar-refractivity contribution is 0.346. The third-order valence-electron chi connectivity index (χ3n) is 3.77. The fourth-order valence-electron chi connectivity index (χ4n) is 2.68. The van der Waals surface area contributed by atoms with Crippen LogP contribution in [-0.2, 0) is 6.54 Å². The van der Waals surface area contributed by atoms with Crippen molar-refractivity contribution >= 4 is 11.6 Å². The van der Waals surface area contributed by atoms with Crippen LogP contribution in [0.4, 0.5) is 4.39 Å². The molecule has 1 nitrogen and oxygen atoms in total. The molecular weight excluding hydrogens is 249 g/mol. The van der Waals surface area contributed by atoms with Crippen LogP contribution in [0, 0.1) is 18.7 Å². The van der Waals surface area contributed by atoms with Gasteiger partial charge in [0, 0.05) is 11.9 Å². The van der Waals surface area contributed by atoms with E-state index in [4.69, 9.17) is 11.6 Å². The van der Waals surface area contributed by atoms with Gasteiger partial charge in [0.25, 0.3) is 0 Å². The van der Waals surface area contributed by atoms with Crippen molar-refractivity contribution in [3.8, 4) is 0 Å². The Balaban J connectivity index is 1.77. The molecule has 0 aliphatic heterocycles. The maximum atomic E-state index is 13.0. The Morgan fingerprint density at radius 2 is 2.22 bits per heavy atom. The summed E-state index contributed by atoms with van der Waals surface area (Å²) < 4.78 is 13.0. The summed E-state index contributed by atoms with van der Waals surface area (Å²) in [5, 5.41) is 3.83. The van der Waals surface area contributed by atoms with Crippen LogP contribution >= 0.6 is 11.6 Å². The number of nitrogens with one attached hydrogen (secondary N) is 1. The monoisotopic (exact) mass is 269 g/mol. The van der Waals surface area contributed by atoms with Gasteiger partial charge in [0.05, 0.1) is 0 Å². The van der Waals surface area contributed by atoms with E-state index in [0.29, 0.717) is 11.3 Å². The van der Waals surface area contributed by atoms with E-state index in [1.807, 2.05) is 13.0 Å². The Labute approximate surface area is 114 Å². The molecule has 3 heteroatoms. The summed E-state index contributed by atoms with van der Waals surface area (Å²) >= 11 is 6.18. The van der Waals surface area contributed by atoms with Crippen LogP contribution in [0.15, 0.2) is 18.2 Å². The van der Waals surface area contributed by atoms with Gasteiger partial charge in [0.15, 0.2) is 0 Å². The van der Waals surface area contributed by atoms with Crippen LogP contribution in [0.1, 0.15) is 36.8 Å². The number of hydrogen-bond acceptors (Lipinski definition) is 1. The summed E-state index contributed by atoms with van der Waals surface area (Å²) in [6.45, 7) is 3.78. The zero-order chi connectivity index (χ0) is 13.0. The van der Waals surface area contributed by atoms with Crippen LogP contribution < -0.4 is 5.32 Å². The van der Waals surface area contributed by atoms with E-state index in [1.165, 1.54) is 24.5 Å². The van der Waals surface area contributed by atoms with Gasteiger partial charge >= 0.3 is 0 Å². The number of halogens is 2. The van der Waals surface area contributed by atoms with E-state index in [2.05, 4.69) is 5.32 Å². The highest BCUT2D eigenvalue weighted by molar-refractivity contribution is 6.20. The molecule has 2 rings (SSSR count). The Morgan fingerprint density at radius 1 is 1.39 bits per heavy atom. The molecule has 2 atom stereocenters. The first kappa shape index (κ1) is 13.8. The number of hydrogen-bond donors (Lipinski definition) is 1. The van der Waals surface area contributed by atoms with Crippen molar-refractivity contribution in [1.82, 2.24) is 5.32 Å². The summed E-state index contributed by atoms with van der Waals surface area (Å²) in [7, 11) is 0. The van der Waals surface area contributed by atoms with E-state index in [1.54, 1.807) is 6.07 Å². The molecule has 0 bridgehead atoms. The molecule has 2 unspecified atom stereocenters. The standard InChI is InChI=1S/C15H21ClFN/c1-11-7-15(17)6-5-13(11)10-18-9-12-3-2-4-14(16)8-12/h5-7,12,14,18H,2-4,8-10H2,1H3. The van der Waals surface area contributed by atoms with Gasteiger partial charge in [0.1, 0.15) is 5.82 Å². The topological polar surface area (TPSA) is 12.0 Å².